The van der Waals surface area contributed by atoms with Gasteiger partial charge in [0.1, 0.15) is 11.3 Å². The largest absolute Gasteiger partial charge is 0.483 e. The highest BCUT2D eigenvalue weighted by Gasteiger charge is 2.22. The van der Waals surface area contributed by atoms with Crippen LogP contribution in [0.1, 0.15) is 55.2 Å². The van der Waals surface area contributed by atoms with Gasteiger partial charge in [0.05, 0.1) is 5.39 Å². The van der Waals surface area contributed by atoms with Crippen molar-refractivity contribution in [3.8, 4) is 5.75 Å². The van der Waals surface area contributed by atoms with Crippen molar-refractivity contribution >= 4 is 16.9 Å². The Morgan fingerprint density at radius 1 is 1.14 bits per heavy atom. The van der Waals surface area contributed by atoms with E-state index < -0.39 is 0 Å². The molecule has 0 bridgehead atoms. The van der Waals surface area contributed by atoms with Crippen molar-refractivity contribution < 1.29 is 13.9 Å². The van der Waals surface area contributed by atoms with Crippen molar-refractivity contribution in [2.24, 2.45) is 0 Å². The highest BCUT2D eigenvalue weighted by atomic mass is 16.5. The van der Waals surface area contributed by atoms with E-state index in [9.17, 15) is 9.59 Å². The number of aryl methyl sites for hydroxylation is 2. The lowest BCUT2D eigenvalue weighted by atomic mass is 9.97. The van der Waals surface area contributed by atoms with Crippen LogP contribution < -0.4 is 15.7 Å². The molecule has 0 spiro atoms. The first-order valence-electron chi connectivity index (χ1n) is 10.3. The van der Waals surface area contributed by atoms with E-state index in [-0.39, 0.29) is 18.1 Å². The number of nitrogens with one attached hydrogen (secondary N) is 1. The van der Waals surface area contributed by atoms with Gasteiger partial charge in [-0.05, 0) is 81.5 Å². The smallest absolute Gasteiger partial charge is 0.339 e. The van der Waals surface area contributed by atoms with Gasteiger partial charge >= 0.3 is 5.63 Å². The van der Waals surface area contributed by atoms with Gasteiger partial charge in [0, 0.05) is 12.1 Å². The van der Waals surface area contributed by atoms with Gasteiger partial charge < -0.3 is 14.5 Å². The number of amides is 1. The topological polar surface area (TPSA) is 68.5 Å². The first-order chi connectivity index (χ1) is 13.6. The van der Waals surface area contributed by atoms with E-state index in [2.05, 4.69) is 11.4 Å². The lowest BCUT2D eigenvalue weighted by molar-refractivity contribution is -0.123. The fourth-order valence-corrected chi connectivity index (χ4v) is 4.31. The second-order valence-corrected chi connectivity index (χ2v) is 7.83. The molecule has 0 unspecified atom stereocenters. The van der Waals surface area contributed by atoms with Gasteiger partial charge in [0.25, 0.3) is 5.91 Å². The van der Waals surface area contributed by atoms with Gasteiger partial charge in [0.15, 0.2) is 6.61 Å². The van der Waals surface area contributed by atoms with Crippen LogP contribution in [-0.4, -0.2) is 19.1 Å². The average Bonchev–Trinajstić information content (AvgIpc) is 3.17. The SMILES string of the molecule is Cc1cc(OCC(=O)NCCC2=CCCCC2)c2c3c(c(=O)oc2c1)CCC3. The summed E-state index contributed by atoms with van der Waals surface area (Å²) >= 11 is 0. The zero-order valence-corrected chi connectivity index (χ0v) is 16.4. The molecule has 2 aromatic rings. The van der Waals surface area contributed by atoms with Crippen molar-refractivity contribution in [3.05, 3.63) is 50.9 Å². The molecule has 28 heavy (non-hydrogen) atoms. The Morgan fingerprint density at radius 3 is 2.82 bits per heavy atom. The van der Waals surface area contributed by atoms with E-state index in [1.165, 1.54) is 18.4 Å². The summed E-state index contributed by atoms with van der Waals surface area (Å²) in [5.74, 6) is 0.502. The molecular weight excluding hydrogens is 354 g/mol. The Kier molecular flexibility index (Phi) is 5.51. The summed E-state index contributed by atoms with van der Waals surface area (Å²) in [6.45, 7) is 2.54. The zero-order chi connectivity index (χ0) is 19.5. The Hall–Kier alpha value is -2.56. The van der Waals surface area contributed by atoms with Gasteiger partial charge in [-0.2, -0.15) is 0 Å². The Bertz CT molecular complexity index is 986. The van der Waals surface area contributed by atoms with Crippen molar-refractivity contribution in [1.82, 2.24) is 5.32 Å². The molecular formula is C23H27NO4. The first kappa shape index (κ1) is 18.8. The minimum absolute atomic E-state index is 0.0362. The van der Waals surface area contributed by atoms with Crippen LogP contribution in [0.5, 0.6) is 5.75 Å². The van der Waals surface area contributed by atoms with Gasteiger partial charge in [-0.3, -0.25) is 4.79 Å². The molecule has 2 aliphatic carbocycles. The van der Waals surface area contributed by atoms with Crippen molar-refractivity contribution in [2.75, 3.05) is 13.2 Å². The number of fused-ring (bicyclic) bond motifs is 3. The van der Waals surface area contributed by atoms with Gasteiger partial charge in [-0.1, -0.05) is 11.6 Å². The standard InChI is InChI=1S/C23H27NO4/c1-15-12-19(22-17-8-5-9-18(17)23(26)28-20(22)13-15)27-14-21(25)24-11-10-16-6-3-2-4-7-16/h6,12-13H,2-5,7-11,14H2,1H3,(H,24,25). The molecule has 1 aromatic heterocycles. The van der Waals surface area contributed by atoms with Crippen LogP contribution in [0.3, 0.4) is 0 Å². The number of rotatable bonds is 6. The molecule has 2 aliphatic rings. The fourth-order valence-electron chi connectivity index (χ4n) is 4.31. The fraction of sp³-hybridized carbons (Fsp3) is 0.478. The average molecular weight is 381 g/mol. The minimum atomic E-state index is -0.244. The van der Waals surface area contributed by atoms with Crippen LogP contribution in [0, 0.1) is 6.92 Å². The van der Waals surface area contributed by atoms with Crippen LogP contribution >= 0.6 is 0 Å². The molecule has 4 rings (SSSR count). The van der Waals surface area contributed by atoms with Crippen LogP contribution in [0.25, 0.3) is 11.0 Å². The summed E-state index contributed by atoms with van der Waals surface area (Å²) in [6.07, 6.45) is 10.6. The maximum absolute atomic E-state index is 12.2. The lowest BCUT2D eigenvalue weighted by Gasteiger charge is -2.14. The molecule has 0 fully saturated rings. The molecule has 0 aliphatic heterocycles. The molecule has 1 aromatic carbocycles. The third kappa shape index (κ3) is 3.98. The number of allylic oxidation sites excluding steroid dienone is 1. The third-order valence-electron chi connectivity index (χ3n) is 5.69. The molecule has 5 nitrogen and oxygen atoms in total. The lowest BCUT2D eigenvalue weighted by Crippen LogP contribution is -2.30. The second kappa shape index (κ2) is 8.21. The van der Waals surface area contributed by atoms with Crippen LogP contribution in [0.2, 0.25) is 0 Å². The molecule has 0 atom stereocenters. The highest BCUT2D eigenvalue weighted by Crippen LogP contribution is 2.35. The van der Waals surface area contributed by atoms with Crippen LogP contribution in [0.15, 0.2) is 33.0 Å². The maximum atomic E-state index is 12.2. The summed E-state index contributed by atoms with van der Waals surface area (Å²) in [5, 5.41) is 3.79. The van der Waals surface area contributed by atoms with Crippen molar-refractivity contribution in [1.29, 1.82) is 0 Å². The summed E-state index contributed by atoms with van der Waals surface area (Å²) in [5.41, 5.74) is 4.46. The monoisotopic (exact) mass is 381 g/mol. The third-order valence-corrected chi connectivity index (χ3v) is 5.69. The van der Waals surface area contributed by atoms with E-state index in [1.54, 1.807) is 0 Å². The van der Waals surface area contributed by atoms with E-state index in [0.29, 0.717) is 17.9 Å². The molecule has 1 amide bonds. The summed E-state index contributed by atoms with van der Waals surface area (Å²) in [6, 6.07) is 3.78. The van der Waals surface area contributed by atoms with E-state index >= 15 is 0 Å². The van der Waals surface area contributed by atoms with Crippen LogP contribution in [0.4, 0.5) is 0 Å². The molecule has 1 heterocycles. The summed E-state index contributed by atoms with van der Waals surface area (Å²) < 4.78 is 11.4. The molecule has 1 N–H and O–H groups in total. The van der Waals surface area contributed by atoms with Gasteiger partial charge in [-0.25, -0.2) is 4.79 Å². The Morgan fingerprint density at radius 2 is 2.00 bits per heavy atom. The number of benzene rings is 1. The number of carbonyl (C=O) groups is 1. The predicted molar refractivity (Wildman–Crippen MR) is 109 cm³/mol. The van der Waals surface area contributed by atoms with Gasteiger partial charge in [0.2, 0.25) is 0 Å². The molecule has 148 valence electrons. The normalized spacial score (nSPS) is 16.0. The Labute approximate surface area is 164 Å². The highest BCUT2D eigenvalue weighted by molar-refractivity contribution is 5.89. The van der Waals surface area contributed by atoms with E-state index in [1.807, 2.05) is 19.1 Å². The predicted octanol–water partition coefficient (Wildman–Crippen LogP) is 3.98. The number of carbonyl (C=O) groups excluding carboxylic acids is 1. The maximum Gasteiger partial charge on any atom is 0.339 e. The first-order valence-corrected chi connectivity index (χ1v) is 10.3. The molecule has 0 saturated heterocycles. The van der Waals surface area contributed by atoms with Crippen molar-refractivity contribution in [3.63, 3.8) is 0 Å². The number of hydrogen-bond acceptors (Lipinski definition) is 4. The Balaban J connectivity index is 1.44. The van der Waals surface area contributed by atoms with Crippen molar-refractivity contribution in [2.45, 2.75) is 58.3 Å². The second-order valence-electron chi connectivity index (χ2n) is 7.83. The molecule has 0 radical (unpaired) electrons. The number of hydrogen-bond donors (Lipinski definition) is 1. The minimum Gasteiger partial charge on any atom is -0.483 e. The van der Waals surface area contributed by atoms with E-state index in [4.69, 9.17) is 9.15 Å². The molecule has 0 saturated carbocycles. The van der Waals surface area contributed by atoms with Crippen LogP contribution in [-0.2, 0) is 17.6 Å². The zero-order valence-electron chi connectivity index (χ0n) is 16.4. The van der Waals surface area contributed by atoms with Gasteiger partial charge in [-0.15, -0.1) is 0 Å². The van der Waals surface area contributed by atoms with E-state index in [0.717, 1.165) is 60.6 Å². The molecule has 5 heteroatoms. The quantitative estimate of drug-likeness (QED) is 0.607. The summed E-state index contributed by atoms with van der Waals surface area (Å²) in [7, 11) is 0. The number of ether oxygens (including phenoxy) is 1. The summed E-state index contributed by atoms with van der Waals surface area (Å²) in [4.78, 5) is 24.4.